The second kappa shape index (κ2) is 11.5. The number of ether oxygens (including phenoxy) is 4. The summed E-state index contributed by atoms with van der Waals surface area (Å²) in [6.45, 7) is 0.809. The monoisotopic (exact) mass is 433 g/mol. The van der Waals surface area contributed by atoms with Crippen molar-refractivity contribution in [1.82, 2.24) is 5.32 Å². The zero-order valence-corrected chi connectivity index (χ0v) is 18.5. The second-order valence-electron chi connectivity index (χ2n) is 6.93. The van der Waals surface area contributed by atoms with Crippen LogP contribution in [0.5, 0.6) is 23.0 Å². The Balaban J connectivity index is 1.57. The molecule has 3 rings (SSSR count). The van der Waals surface area contributed by atoms with Crippen molar-refractivity contribution in [2.75, 3.05) is 21.3 Å². The average molecular weight is 434 g/mol. The molecule has 0 bridgehead atoms. The number of nitrogens with one attached hydrogen (secondary N) is 1. The summed E-state index contributed by atoms with van der Waals surface area (Å²) >= 11 is 0. The van der Waals surface area contributed by atoms with Crippen LogP contribution in [0.4, 0.5) is 0 Å². The topological polar surface area (TPSA) is 66.0 Å². The zero-order valence-electron chi connectivity index (χ0n) is 18.5. The summed E-state index contributed by atoms with van der Waals surface area (Å²) in [5, 5.41) is 2.86. The number of hydrogen-bond donors (Lipinski definition) is 1. The molecule has 0 saturated carbocycles. The van der Waals surface area contributed by atoms with E-state index >= 15 is 0 Å². The number of methoxy groups -OCH3 is 3. The molecule has 0 aliphatic heterocycles. The minimum absolute atomic E-state index is 0.214. The average Bonchev–Trinajstić information content (AvgIpc) is 2.85. The Labute approximate surface area is 188 Å². The van der Waals surface area contributed by atoms with Gasteiger partial charge in [0.05, 0.1) is 21.3 Å². The first kappa shape index (κ1) is 22.7. The predicted molar refractivity (Wildman–Crippen MR) is 124 cm³/mol. The molecule has 0 atom stereocenters. The molecular formula is C26H27NO5. The Morgan fingerprint density at radius 2 is 1.56 bits per heavy atom. The zero-order chi connectivity index (χ0) is 22.8. The molecule has 0 aliphatic rings. The normalized spacial score (nSPS) is 10.6. The first-order valence-corrected chi connectivity index (χ1v) is 10.1. The van der Waals surface area contributed by atoms with Gasteiger partial charge in [-0.2, -0.15) is 0 Å². The molecule has 6 heteroatoms. The van der Waals surface area contributed by atoms with Crippen LogP contribution in [0.15, 0.2) is 72.8 Å². The van der Waals surface area contributed by atoms with Crippen molar-refractivity contribution in [3.63, 3.8) is 0 Å². The van der Waals surface area contributed by atoms with Crippen molar-refractivity contribution in [3.8, 4) is 23.0 Å². The van der Waals surface area contributed by atoms with Crippen LogP contribution in [0, 0.1) is 0 Å². The van der Waals surface area contributed by atoms with Gasteiger partial charge in [-0.3, -0.25) is 4.79 Å². The summed E-state index contributed by atoms with van der Waals surface area (Å²) in [5.74, 6) is 2.13. The fraction of sp³-hybridized carbons (Fsp3) is 0.192. The van der Waals surface area contributed by atoms with Crippen LogP contribution in [0.3, 0.4) is 0 Å². The molecule has 166 valence electrons. The summed E-state index contributed by atoms with van der Waals surface area (Å²) in [5.41, 5.74) is 2.80. The van der Waals surface area contributed by atoms with Crippen molar-refractivity contribution in [2.24, 2.45) is 0 Å². The Kier molecular flexibility index (Phi) is 8.15. The number of hydrogen-bond acceptors (Lipinski definition) is 5. The molecule has 0 saturated heterocycles. The lowest BCUT2D eigenvalue weighted by molar-refractivity contribution is -0.116. The number of amides is 1. The summed E-state index contributed by atoms with van der Waals surface area (Å²) < 4.78 is 21.9. The quantitative estimate of drug-likeness (QED) is 0.473. The van der Waals surface area contributed by atoms with Crippen molar-refractivity contribution < 1.29 is 23.7 Å². The Bertz CT molecular complexity index is 1040. The Morgan fingerprint density at radius 3 is 2.22 bits per heavy atom. The molecule has 0 aromatic heterocycles. The van der Waals surface area contributed by atoms with Gasteiger partial charge in [0, 0.05) is 12.6 Å². The summed E-state index contributed by atoms with van der Waals surface area (Å²) in [4.78, 5) is 12.3. The first-order chi connectivity index (χ1) is 15.6. The van der Waals surface area contributed by atoms with E-state index in [-0.39, 0.29) is 5.91 Å². The Hall–Kier alpha value is -3.93. The minimum atomic E-state index is -0.214. The van der Waals surface area contributed by atoms with E-state index in [1.807, 2.05) is 54.6 Å². The van der Waals surface area contributed by atoms with E-state index in [4.69, 9.17) is 18.9 Å². The fourth-order valence-corrected chi connectivity index (χ4v) is 3.11. The van der Waals surface area contributed by atoms with Crippen LogP contribution in [0.2, 0.25) is 0 Å². The maximum Gasteiger partial charge on any atom is 0.244 e. The van der Waals surface area contributed by atoms with Crippen LogP contribution in [-0.2, 0) is 17.9 Å². The maximum absolute atomic E-state index is 12.3. The molecule has 6 nitrogen and oxygen atoms in total. The summed E-state index contributed by atoms with van der Waals surface area (Å²) in [6, 6.07) is 21.2. The summed E-state index contributed by atoms with van der Waals surface area (Å²) in [7, 11) is 4.66. The lowest BCUT2D eigenvalue weighted by Gasteiger charge is -2.14. The molecule has 1 N–H and O–H groups in total. The van der Waals surface area contributed by atoms with Crippen molar-refractivity contribution in [1.29, 1.82) is 0 Å². The number of carbonyl (C=O) groups excluding carboxylic acids is 1. The van der Waals surface area contributed by atoms with E-state index in [0.29, 0.717) is 30.4 Å². The van der Waals surface area contributed by atoms with Crippen molar-refractivity contribution in [2.45, 2.75) is 13.2 Å². The molecule has 3 aromatic rings. The molecule has 0 spiro atoms. The van der Waals surface area contributed by atoms with Gasteiger partial charge in [0.15, 0.2) is 11.5 Å². The first-order valence-electron chi connectivity index (χ1n) is 10.1. The van der Waals surface area contributed by atoms with Gasteiger partial charge in [-0.25, -0.2) is 0 Å². The van der Waals surface area contributed by atoms with Crippen LogP contribution in [0.25, 0.3) is 6.08 Å². The highest BCUT2D eigenvalue weighted by atomic mass is 16.5. The van der Waals surface area contributed by atoms with Crippen LogP contribution >= 0.6 is 0 Å². The highest BCUT2D eigenvalue weighted by Crippen LogP contribution is 2.38. The van der Waals surface area contributed by atoms with Gasteiger partial charge in [0.1, 0.15) is 12.4 Å². The van der Waals surface area contributed by atoms with E-state index in [2.05, 4.69) is 5.32 Å². The van der Waals surface area contributed by atoms with Gasteiger partial charge < -0.3 is 24.3 Å². The van der Waals surface area contributed by atoms with Gasteiger partial charge in [-0.1, -0.05) is 42.5 Å². The van der Waals surface area contributed by atoms with E-state index in [9.17, 15) is 4.79 Å². The van der Waals surface area contributed by atoms with E-state index in [1.54, 1.807) is 39.5 Å². The SMILES string of the molecule is COc1cc(CNC(=O)C=Cc2cccc(OCc3ccccc3)c2)cc(OC)c1OC. The molecular weight excluding hydrogens is 406 g/mol. The molecule has 0 aliphatic carbocycles. The van der Waals surface area contributed by atoms with Crippen molar-refractivity contribution in [3.05, 3.63) is 89.5 Å². The van der Waals surface area contributed by atoms with Gasteiger partial charge in [-0.15, -0.1) is 0 Å². The largest absolute Gasteiger partial charge is 0.493 e. The predicted octanol–water partition coefficient (Wildman–Crippen LogP) is 4.62. The third-order valence-electron chi connectivity index (χ3n) is 4.72. The molecule has 1 amide bonds. The highest BCUT2D eigenvalue weighted by molar-refractivity contribution is 5.91. The van der Waals surface area contributed by atoms with Crippen LogP contribution in [0.1, 0.15) is 16.7 Å². The fourth-order valence-electron chi connectivity index (χ4n) is 3.11. The lowest BCUT2D eigenvalue weighted by atomic mass is 10.1. The number of rotatable bonds is 10. The molecule has 3 aromatic carbocycles. The van der Waals surface area contributed by atoms with Crippen LogP contribution in [-0.4, -0.2) is 27.2 Å². The number of benzene rings is 3. The lowest BCUT2D eigenvalue weighted by Crippen LogP contribution is -2.20. The van der Waals surface area contributed by atoms with E-state index < -0.39 is 0 Å². The van der Waals surface area contributed by atoms with Gasteiger partial charge in [0.25, 0.3) is 0 Å². The van der Waals surface area contributed by atoms with Gasteiger partial charge in [-0.05, 0) is 47.0 Å². The minimum Gasteiger partial charge on any atom is -0.493 e. The summed E-state index contributed by atoms with van der Waals surface area (Å²) in [6.07, 6.45) is 3.24. The standard InChI is InChI=1S/C26H27NO5/c1-29-23-15-21(16-24(30-2)26(23)31-3)17-27-25(28)13-12-19-10-7-11-22(14-19)32-18-20-8-5-4-6-9-20/h4-16H,17-18H2,1-3H3,(H,27,28). The smallest absolute Gasteiger partial charge is 0.244 e. The van der Waals surface area contributed by atoms with E-state index in [0.717, 1.165) is 22.4 Å². The molecule has 0 radical (unpaired) electrons. The third kappa shape index (κ3) is 6.28. The molecule has 0 fully saturated rings. The highest BCUT2D eigenvalue weighted by Gasteiger charge is 2.13. The Morgan fingerprint density at radius 1 is 0.844 bits per heavy atom. The van der Waals surface area contributed by atoms with Gasteiger partial charge >= 0.3 is 0 Å². The molecule has 0 heterocycles. The molecule has 32 heavy (non-hydrogen) atoms. The van der Waals surface area contributed by atoms with Crippen LogP contribution < -0.4 is 24.3 Å². The maximum atomic E-state index is 12.3. The van der Waals surface area contributed by atoms with Gasteiger partial charge in [0.2, 0.25) is 11.7 Å². The third-order valence-corrected chi connectivity index (χ3v) is 4.72. The van der Waals surface area contributed by atoms with E-state index in [1.165, 1.54) is 6.08 Å². The number of carbonyl (C=O) groups is 1. The van der Waals surface area contributed by atoms with Crippen molar-refractivity contribution >= 4 is 12.0 Å². The molecule has 0 unspecified atom stereocenters. The second-order valence-corrected chi connectivity index (χ2v) is 6.93.